The molecule has 0 unspecified atom stereocenters. The fraction of sp³-hybridized carbons (Fsp3) is 0.737. The molecule has 0 bridgehead atoms. The number of methoxy groups -OCH3 is 1. The Balaban J connectivity index is 2.37. The second-order valence-electron chi connectivity index (χ2n) is 7.46. The van der Waals surface area contributed by atoms with Crippen molar-refractivity contribution >= 4 is 28.8 Å². The number of nitrogens with two attached hydrogens (primary N) is 1. The normalized spacial score (nSPS) is 19.4. The Bertz CT molecular complexity index is 776. The van der Waals surface area contributed by atoms with E-state index in [1.165, 1.54) is 11.0 Å². The maximum Gasteiger partial charge on any atom is 0.330 e. The van der Waals surface area contributed by atoms with E-state index in [4.69, 9.17) is 22.7 Å². The van der Waals surface area contributed by atoms with Gasteiger partial charge >= 0.3 is 5.69 Å². The summed E-state index contributed by atoms with van der Waals surface area (Å²) in [6.07, 6.45) is 6.29. The van der Waals surface area contributed by atoms with Gasteiger partial charge in [0.15, 0.2) is 10.8 Å². The third kappa shape index (κ3) is 5.35. The monoisotopic (exact) mass is 411 g/mol. The molecule has 8 nitrogen and oxygen atoms in total. The van der Waals surface area contributed by atoms with Crippen LogP contribution in [0.3, 0.4) is 0 Å². The molecule has 2 rings (SSSR count). The topological polar surface area (TPSA) is 105 Å². The number of ether oxygens (including phenoxy) is 1. The van der Waals surface area contributed by atoms with Crippen LogP contribution in [0.4, 0.5) is 11.5 Å². The predicted molar refractivity (Wildman–Crippen MR) is 117 cm³/mol. The smallest absolute Gasteiger partial charge is 0.330 e. The number of unbranched alkanes of at least 4 members (excludes halogenated alkanes) is 1. The van der Waals surface area contributed by atoms with E-state index in [0.717, 1.165) is 32.1 Å². The van der Waals surface area contributed by atoms with Crippen molar-refractivity contribution < 1.29 is 4.74 Å². The third-order valence-electron chi connectivity index (χ3n) is 5.40. The molecule has 0 aliphatic heterocycles. The van der Waals surface area contributed by atoms with Gasteiger partial charge in [0.05, 0.1) is 6.61 Å². The zero-order valence-electron chi connectivity index (χ0n) is 17.1. The molecule has 2 atom stereocenters. The number of nitrogens with zero attached hydrogens (tertiary/aromatic N) is 2. The van der Waals surface area contributed by atoms with Crippen LogP contribution >= 0.6 is 12.2 Å². The summed E-state index contributed by atoms with van der Waals surface area (Å²) >= 11 is 5.65. The summed E-state index contributed by atoms with van der Waals surface area (Å²) in [5, 5.41) is 3.85. The first-order valence-corrected chi connectivity index (χ1v) is 10.5. The average Bonchev–Trinajstić information content (AvgIpc) is 2.65. The van der Waals surface area contributed by atoms with Crippen molar-refractivity contribution in [2.24, 2.45) is 5.92 Å². The van der Waals surface area contributed by atoms with Crippen molar-refractivity contribution in [1.82, 2.24) is 14.9 Å². The van der Waals surface area contributed by atoms with Gasteiger partial charge in [-0.1, -0.05) is 33.1 Å². The van der Waals surface area contributed by atoms with Gasteiger partial charge in [-0.3, -0.25) is 14.3 Å². The molecule has 28 heavy (non-hydrogen) atoms. The van der Waals surface area contributed by atoms with E-state index in [2.05, 4.69) is 17.2 Å². The van der Waals surface area contributed by atoms with Gasteiger partial charge < -0.3 is 20.7 Å². The standard InChI is InChI=1S/C19H33N5O3S/c1-4-5-10-24-16(20)15(17(25)22-18(24)26)23(11-12-27-3)19(28)21-14-9-7-6-8-13(14)2/h13-14H,4-12,20H2,1-3H3,(H,21,28)(H,22,25,26)/t13-,14+/m1/s1. The van der Waals surface area contributed by atoms with Crippen LogP contribution < -0.4 is 27.2 Å². The molecule has 0 radical (unpaired) electrons. The Hall–Kier alpha value is -1.87. The summed E-state index contributed by atoms with van der Waals surface area (Å²) in [5.41, 5.74) is 5.44. The van der Waals surface area contributed by atoms with Gasteiger partial charge in [-0.15, -0.1) is 0 Å². The number of nitrogens with one attached hydrogen (secondary N) is 2. The molecule has 1 heterocycles. The molecule has 0 spiro atoms. The number of thiocarbonyl (C=S) groups is 1. The zero-order valence-corrected chi connectivity index (χ0v) is 17.9. The highest BCUT2D eigenvalue weighted by molar-refractivity contribution is 7.80. The number of aromatic amines is 1. The Morgan fingerprint density at radius 2 is 2.11 bits per heavy atom. The molecule has 1 aliphatic rings. The summed E-state index contributed by atoms with van der Waals surface area (Å²) in [4.78, 5) is 28.9. The summed E-state index contributed by atoms with van der Waals surface area (Å²) in [6.45, 7) is 5.43. The van der Waals surface area contributed by atoms with Crippen LogP contribution in [0.5, 0.6) is 0 Å². The van der Waals surface area contributed by atoms with E-state index < -0.39 is 11.2 Å². The van der Waals surface area contributed by atoms with Crippen molar-refractivity contribution in [3.05, 3.63) is 20.8 Å². The molecular weight excluding hydrogens is 378 g/mol. The van der Waals surface area contributed by atoms with Crippen molar-refractivity contribution in [2.45, 2.75) is 65.0 Å². The minimum atomic E-state index is -0.535. The van der Waals surface area contributed by atoms with E-state index in [1.807, 2.05) is 6.92 Å². The highest BCUT2D eigenvalue weighted by Crippen LogP contribution is 2.25. The minimum absolute atomic E-state index is 0.138. The number of nitrogen functional groups attached to an aromatic ring is 1. The van der Waals surface area contributed by atoms with E-state index in [9.17, 15) is 9.59 Å². The van der Waals surface area contributed by atoms with Crippen LogP contribution in [0.15, 0.2) is 9.59 Å². The Morgan fingerprint density at radius 3 is 2.75 bits per heavy atom. The second-order valence-corrected chi connectivity index (χ2v) is 7.85. The Labute approximate surface area is 171 Å². The quantitative estimate of drug-likeness (QED) is 0.560. The molecule has 1 aliphatic carbocycles. The molecule has 0 saturated heterocycles. The molecule has 0 amide bonds. The lowest BCUT2D eigenvalue weighted by molar-refractivity contribution is 0.207. The molecule has 1 aromatic heterocycles. The van der Waals surface area contributed by atoms with Crippen molar-refractivity contribution in [3.63, 3.8) is 0 Å². The maximum atomic E-state index is 12.6. The van der Waals surface area contributed by atoms with Crippen LogP contribution in [-0.2, 0) is 11.3 Å². The van der Waals surface area contributed by atoms with Crippen LogP contribution in [0.25, 0.3) is 0 Å². The number of anilines is 2. The number of rotatable bonds is 8. The lowest BCUT2D eigenvalue weighted by Crippen LogP contribution is -2.51. The molecule has 1 saturated carbocycles. The maximum absolute atomic E-state index is 12.6. The molecule has 1 fully saturated rings. The van der Waals surface area contributed by atoms with E-state index >= 15 is 0 Å². The van der Waals surface area contributed by atoms with Gasteiger partial charge in [0.1, 0.15) is 5.82 Å². The molecule has 4 N–H and O–H groups in total. The molecule has 158 valence electrons. The predicted octanol–water partition coefficient (Wildman–Crippen LogP) is 1.82. The highest BCUT2D eigenvalue weighted by Gasteiger charge is 2.26. The molecule has 9 heteroatoms. The number of aromatic nitrogens is 2. The Morgan fingerprint density at radius 1 is 1.39 bits per heavy atom. The first-order chi connectivity index (χ1) is 13.4. The third-order valence-corrected chi connectivity index (χ3v) is 5.74. The number of H-pyrrole nitrogens is 1. The fourth-order valence-corrected chi connectivity index (χ4v) is 3.98. The lowest BCUT2D eigenvalue weighted by Gasteiger charge is -2.34. The van der Waals surface area contributed by atoms with E-state index in [0.29, 0.717) is 30.7 Å². The molecule has 1 aromatic rings. The SMILES string of the molecule is CCCCn1c(N)c(N(CCOC)C(=S)N[C@H]2CCCC[C@H]2C)c(=O)[nH]c1=O. The number of hydrogen-bond acceptors (Lipinski definition) is 5. The molecular formula is C19H33N5O3S. The van der Waals surface area contributed by atoms with Crippen molar-refractivity contribution in [2.75, 3.05) is 30.9 Å². The molecule has 0 aromatic carbocycles. The van der Waals surface area contributed by atoms with Gasteiger partial charge in [0.2, 0.25) is 0 Å². The largest absolute Gasteiger partial charge is 0.383 e. The van der Waals surface area contributed by atoms with Gasteiger partial charge in [-0.2, -0.15) is 0 Å². The zero-order chi connectivity index (χ0) is 20.7. The summed E-state index contributed by atoms with van der Waals surface area (Å²) < 4.78 is 6.61. The lowest BCUT2D eigenvalue weighted by atomic mass is 9.86. The second kappa shape index (κ2) is 10.6. The van der Waals surface area contributed by atoms with E-state index in [-0.39, 0.29) is 17.5 Å². The van der Waals surface area contributed by atoms with Gasteiger partial charge in [-0.05, 0) is 37.4 Å². The van der Waals surface area contributed by atoms with Crippen LogP contribution in [0, 0.1) is 5.92 Å². The Kier molecular flexibility index (Phi) is 8.50. The fourth-order valence-electron chi connectivity index (χ4n) is 3.64. The van der Waals surface area contributed by atoms with Gasteiger partial charge in [0.25, 0.3) is 5.56 Å². The van der Waals surface area contributed by atoms with Crippen LogP contribution in [0.2, 0.25) is 0 Å². The highest BCUT2D eigenvalue weighted by atomic mass is 32.1. The van der Waals surface area contributed by atoms with Gasteiger partial charge in [0, 0.05) is 26.2 Å². The summed E-state index contributed by atoms with van der Waals surface area (Å²) in [5.74, 6) is 0.643. The van der Waals surface area contributed by atoms with Crippen molar-refractivity contribution in [1.29, 1.82) is 0 Å². The first-order valence-electron chi connectivity index (χ1n) is 10.1. The number of hydrogen-bond donors (Lipinski definition) is 3. The van der Waals surface area contributed by atoms with Crippen LogP contribution in [0.1, 0.15) is 52.4 Å². The minimum Gasteiger partial charge on any atom is -0.383 e. The summed E-state index contributed by atoms with van der Waals surface area (Å²) in [7, 11) is 1.59. The van der Waals surface area contributed by atoms with E-state index in [1.54, 1.807) is 12.0 Å². The van der Waals surface area contributed by atoms with Gasteiger partial charge in [-0.25, -0.2) is 4.79 Å². The van der Waals surface area contributed by atoms with Crippen molar-refractivity contribution in [3.8, 4) is 0 Å². The average molecular weight is 412 g/mol. The first kappa shape index (κ1) is 22.4. The summed E-state index contributed by atoms with van der Waals surface area (Å²) in [6, 6.07) is 0.262. The van der Waals surface area contributed by atoms with Crippen LogP contribution in [-0.4, -0.2) is 41.0 Å².